The van der Waals surface area contributed by atoms with Crippen LogP contribution in [0.4, 0.5) is 0 Å². The molecule has 96 valence electrons. The highest BCUT2D eigenvalue weighted by Crippen LogP contribution is 2.25. The van der Waals surface area contributed by atoms with Crippen LogP contribution in [0.15, 0.2) is 0 Å². The molecular weight excluding hydrogens is 200 g/mol. The van der Waals surface area contributed by atoms with Gasteiger partial charge in [-0.3, -0.25) is 0 Å². The Morgan fingerprint density at radius 3 is 2.81 bits per heavy atom. The van der Waals surface area contributed by atoms with Gasteiger partial charge in [-0.2, -0.15) is 0 Å². The molecule has 1 aliphatic rings. The summed E-state index contributed by atoms with van der Waals surface area (Å²) in [6, 6.07) is 0. The maximum absolute atomic E-state index is 9.23. The van der Waals surface area contributed by atoms with Crippen LogP contribution < -0.4 is 5.32 Å². The molecule has 1 fully saturated rings. The van der Waals surface area contributed by atoms with Crippen molar-refractivity contribution in [3.8, 4) is 0 Å². The minimum Gasteiger partial charge on any atom is -0.396 e. The quantitative estimate of drug-likeness (QED) is 0.720. The van der Waals surface area contributed by atoms with Crippen molar-refractivity contribution in [2.24, 2.45) is 11.3 Å². The van der Waals surface area contributed by atoms with Crippen LogP contribution >= 0.6 is 0 Å². The largest absolute Gasteiger partial charge is 0.396 e. The average molecular weight is 228 g/mol. The summed E-state index contributed by atoms with van der Waals surface area (Å²) in [5.74, 6) is 0.504. The Kier molecular flexibility index (Phi) is 5.73. The zero-order valence-electron chi connectivity index (χ0n) is 11.1. The molecule has 0 spiro atoms. The Morgan fingerprint density at radius 2 is 2.25 bits per heavy atom. The minimum absolute atomic E-state index is 0.353. The second-order valence-electron chi connectivity index (χ2n) is 5.62. The number of aliphatic hydroxyl groups excluding tert-OH is 1. The van der Waals surface area contributed by atoms with Gasteiger partial charge in [-0.05, 0) is 44.2 Å². The van der Waals surface area contributed by atoms with Gasteiger partial charge in [-0.1, -0.05) is 13.8 Å². The van der Waals surface area contributed by atoms with Gasteiger partial charge in [-0.15, -0.1) is 0 Å². The molecule has 2 N–H and O–H groups in total. The van der Waals surface area contributed by atoms with Crippen LogP contribution in [0.5, 0.6) is 0 Å². The van der Waals surface area contributed by atoms with Gasteiger partial charge in [0.1, 0.15) is 0 Å². The summed E-state index contributed by atoms with van der Waals surface area (Å²) in [5.41, 5.74) is 0.367. The van der Waals surface area contributed by atoms with Gasteiger partial charge in [0.2, 0.25) is 0 Å². The molecule has 1 aliphatic heterocycles. The normalized spacial score (nSPS) is 26.6. The summed E-state index contributed by atoms with van der Waals surface area (Å²) in [6.07, 6.45) is 3.64. The number of hydrogen-bond donors (Lipinski definition) is 2. The lowest BCUT2D eigenvalue weighted by atomic mass is 9.85. The van der Waals surface area contributed by atoms with Crippen molar-refractivity contribution in [3.63, 3.8) is 0 Å². The summed E-state index contributed by atoms with van der Waals surface area (Å²) in [5, 5.41) is 12.5. The van der Waals surface area contributed by atoms with Gasteiger partial charge in [-0.25, -0.2) is 0 Å². The van der Waals surface area contributed by atoms with E-state index in [1.54, 1.807) is 0 Å². The van der Waals surface area contributed by atoms with Crippen molar-refractivity contribution in [2.75, 3.05) is 39.8 Å². The summed E-state index contributed by atoms with van der Waals surface area (Å²) in [4.78, 5) is 2.53. The van der Waals surface area contributed by atoms with Gasteiger partial charge in [0.05, 0.1) is 0 Å². The molecule has 1 saturated heterocycles. The third kappa shape index (κ3) is 4.04. The zero-order valence-corrected chi connectivity index (χ0v) is 11.1. The highest BCUT2D eigenvalue weighted by Gasteiger charge is 2.27. The Balaban J connectivity index is 2.44. The second kappa shape index (κ2) is 6.58. The number of nitrogens with one attached hydrogen (secondary N) is 1. The van der Waals surface area contributed by atoms with Crippen LogP contribution in [0.25, 0.3) is 0 Å². The van der Waals surface area contributed by atoms with E-state index in [0.717, 1.165) is 19.6 Å². The van der Waals surface area contributed by atoms with Crippen molar-refractivity contribution in [2.45, 2.75) is 33.1 Å². The molecule has 1 rings (SSSR count). The van der Waals surface area contributed by atoms with Crippen LogP contribution in [-0.4, -0.2) is 49.8 Å². The second-order valence-corrected chi connectivity index (χ2v) is 5.62. The van der Waals surface area contributed by atoms with E-state index in [2.05, 4.69) is 24.1 Å². The molecule has 16 heavy (non-hydrogen) atoms. The third-order valence-corrected chi connectivity index (χ3v) is 3.92. The first-order valence-corrected chi connectivity index (χ1v) is 6.61. The average Bonchev–Trinajstić information content (AvgIpc) is 2.29. The van der Waals surface area contributed by atoms with E-state index in [4.69, 9.17) is 0 Å². The highest BCUT2D eigenvalue weighted by molar-refractivity contribution is 4.82. The molecule has 1 heterocycles. The van der Waals surface area contributed by atoms with Crippen molar-refractivity contribution < 1.29 is 5.11 Å². The molecule has 0 radical (unpaired) electrons. The van der Waals surface area contributed by atoms with E-state index in [-0.39, 0.29) is 0 Å². The van der Waals surface area contributed by atoms with Crippen LogP contribution in [0.1, 0.15) is 33.1 Å². The van der Waals surface area contributed by atoms with E-state index in [1.807, 2.05) is 7.05 Å². The van der Waals surface area contributed by atoms with E-state index in [1.165, 1.54) is 25.8 Å². The molecular formula is C13H28N2O. The first-order valence-electron chi connectivity index (χ1n) is 6.61. The van der Waals surface area contributed by atoms with Crippen LogP contribution in [0.2, 0.25) is 0 Å². The number of nitrogens with zero attached hydrogens (tertiary/aromatic N) is 1. The van der Waals surface area contributed by atoms with Crippen LogP contribution in [0, 0.1) is 11.3 Å². The Labute approximate surface area is 100 Å². The molecule has 3 heteroatoms. The topological polar surface area (TPSA) is 35.5 Å². The van der Waals surface area contributed by atoms with Crippen molar-refractivity contribution in [3.05, 3.63) is 0 Å². The fraction of sp³-hybridized carbons (Fsp3) is 1.00. The van der Waals surface area contributed by atoms with Gasteiger partial charge < -0.3 is 15.3 Å². The Morgan fingerprint density at radius 1 is 1.50 bits per heavy atom. The first-order chi connectivity index (χ1) is 7.63. The standard InChI is InChI=1S/C13H28N2O/c1-4-13(2,10-14-3)11-15-7-5-6-12(8-15)9-16/h12,14,16H,4-11H2,1-3H3. The summed E-state index contributed by atoms with van der Waals surface area (Å²) >= 11 is 0. The van der Waals surface area contributed by atoms with Crippen LogP contribution in [0.3, 0.4) is 0 Å². The number of aliphatic hydroxyl groups is 1. The number of rotatable bonds is 6. The molecule has 0 aromatic carbocycles. The van der Waals surface area contributed by atoms with E-state index < -0.39 is 0 Å². The maximum Gasteiger partial charge on any atom is 0.0471 e. The molecule has 3 nitrogen and oxygen atoms in total. The number of piperidine rings is 1. The predicted octanol–water partition coefficient (Wildman–Crippen LogP) is 1.33. The van der Waals surface area contributed by atoms with Crippen molar-refractivity contribution in [1.82, 2.24) is 10.2 Å². The molecule has 0 aromatic rings. The monoisotopic (exact) mass is 228 g/mol. The lowest BCUT2D eigenvalue weighted by Crippen LogP contribution is -2.45. The number of likely N-dealkylation sites (tertiary alicyclic amines) is 1. The van der Waals surface area contributed by atoms with Crippen molar-refractivity contribution in [1.29, 1.82) is 0 Å². The molecule has 0 saturated carbocycles. The fourth-order valence-electron chi connectivity index (χ4n) is 2.70. The lowest BCUT2D eigenvalue weighted by Gasteiger charge is -2.39. The third-order valence-electron chi connectivity index (χ3n) is 3.92. The molecule has 2 unspecified atom stereocenters. The summed E-state index contributed by atoms with van der Waals surface area (Å²) < 4.78 is 0. The highest BCUT2D eigenvalue weighted by atomic mass is 16.3. The lowest BCUT2D eigenvalue weighted by molar-refractivity contribution is 0.0823. The van der Waals surface area contributed by atoms with Gasteiger partial charge in [0, 0.05) is 26.2 Å². The molecule has 2 atom stereocenters. The van der Waals surface area contributed by atoms with E-state index in [0.29, 0.717) is 17.9 Å². The predicted molar refractivity (Wildman–Crippen MR) is 68.6 cm³/mol. The zero-order chi connectivity index (χ0) is 12.0. The van der Waals surface area contributed by atoms with E-state index >= 15 is 0 Å². The molecule has 0 aliphatic carbocycles. The van der Waals surface area contributed by atoms with Crippen molar-refractivity contribution >= 4 is 0 Å². The Hall–Kier alpha value is -0.120. The smallest absolute Gasteiger partial charge is 0.0471 e. The molecule has 0 aromatic heterocycles. The van der Waals surface area contributed by atoms with Gasteiger partial charge in [0.15, 0.2) is 0 Å². The minimum atomic E-state index is 0.353. The maximum atomic E-state index is 9.23. The van der Waals surface area contributed by atoms with E-state index in [9.17, 15) is 5.11 Å². The first kappa shape index (κ1) is 13.9. The number of hydrogen-bond acceptors (Lipinski definition) is 3. The SMILES string of the molecule is CCC(C)(CNC)CN1CCCC(CO)C1. The summed E-state index contributed by atoms with van der Waals surface area (Å²) in [6.45, 7) is 9.48. The fourth-order valence-corrected chi connectivity index (χ4v) is 2.70. The molecule has 0 amide bonds. The summed E-state index contributed by atoms with van der Waals surface area (Å²) in [7, 11) is 2.03. The Bertz CT molecular complexity index is 198. The van der Waals surface area contributed by atoms with Gasteiger partial charge >= 0.3 is 0 Å². The van der Waals surface area contributed by atoms with Gasteiger partial charge in [0.25, 0.3) is 0 Å². The van der Waals surface area contributed by atoms with Crippen LogP contribution in [-0.2, 0) is 0 Å². The molecule has 0 bridgehead atoms.